The molecule has 0 aromatic heterocycles. The summed E-state index contributed by atoms with van der Waals surface area (Å²) in [7, 11) is 1.59. The number of hydrogen-bond acceptors (Lipinski definition) is 3. The minimum atomic E-state index is -0.429. The fourth-order valence-electron chi connectivity index (χ4n) is 1.57. The number of hydrogen-bond donors (Lipinski definition) is 1. The number of aliphatic hydroxyl groups is 1. The molecule has 0 aromatic carbocycles. The van der Waals surface area contributed by atoms with Gasteiger partial charge in [0.05, 0.1) is 18.2 Å². The largest absolute Gasteiger partial charge is 0.396 e. The second kappa shape index (κ2) is 3.76. The minimum absolute atomic E-state index is 0.141. The second-order valence-electron chi connectivity index (χ2n) is 3.03. The van der Waals surface area contributed by atoms with Crippen LogP contribution in [-0.4, -0.2) is 30.5 Å². The first-order chi connectivity index (χ1) is 5.79. The molecule has 68 valence electrons. The van der Waals surface area contributed by atoms with Gasteiger partial charge < -0.3 is 9.84 Å². The number of rotatable bonds is 4. The maximum atomic E-state index is 8.94. The van der Waals surface area contributed by atoms with Gasteiger partial charge in [0.25, 0.3) is 0 Å². The van der Waals surface area contributed by atoms with Gasteiger partial charge >= 0.3 is 0 Å². The van der Waals surface area contributed by atoms with Crippen molar-refractivity contribution in [3.63, 3.8) is 0 Å². The van der Waals surface area contributed by atoms with E-state index in [0.29, 0.717) is 0 Å². The molecule has 1 aliphatic carbocycles. The topological polar surface area (TPSA) is 78.2 Å². The highest BCUT2D eigenvalue weighted by Gasteiger charge is 2.43. The molecule has 0 unspecified atom stereocenters. The molecule has 0 radical (unpaired) electrons. The van der Waals surface area contributed by atoms with Crippen LogP contribution >= 0.6 is 0 Å². The molecule has 5 heteroatoms. The highest BCUT2D eigenvalue weighted by atomic mass is 16.5. The van der Waals surface area contributed by atoms with Crippen LogP contribution in [0.15, 0.2) is 5.11 Å². The van der Waals surface area contributed by atoms with Crippen molar-refractivity contribution in [2.45, 2.75) is 30.9 Å². The van der Waals surface area contributed by atoms with E-state index in [0.717, 1.165) is 19.3 Å². The predicted octanol–water partition coefficient (Wildman–Crippen LogP) is 1.23. The summed E-state index contributed by atoms with van der Waals surface area (Å²) in [5, 5.41) is 12.5. The molecule has 0 spiro atoms. The fourth-order valence-corrected chi connectivity index (χ4v) is 1.57. The summed E-state index contributed by atoms with van der Waals surface area (Å²) >= 11 is 0. The zero-order valence-corrected chi connectivity index (χ0v) is 7.10. The van der Waals surface area contributed by atoms with Gasteiger partial charge in [-0.25, -0.2) is 0 Å². The Labute approximate surface area is 71.0 Å². The summed E-state index contributed by atoms with van der Waals surface area (Å²) in [6.07, 6.45) is 2.81. The van der Waals surface area contributed by atoms with Gasteiger partial charge in [-0.1, -0.05) is 5.11 Å². The first-order valence-corrected chi connectivity index (χ1v) is 3.99. The Morgan fingerprint density at radius 3 is 2.67 bits per heavy atom. The second-order valence-corrected chi connectivity index (χ2v) is 3.03. The summed E-state index contributed by atoms with van der Waals surface area (Å²) in [6, 6.07) is -0.429. The number of azide groups is 1. The van der Waals surface area contributed by atoms with E-state index in [2.05, 4.69) is 10.0 Å². The van der Waals surface area contributed by atoms with Crippen LogP contribution < -0.4 is 0 Å². The van der Waals surface area contributed by atoms with Crippen LogP contribution in [0.2, 0.25) is 0 Å². The van der Waals surface area contributed by atoms with Gasteiger partial charge in [0.1, 0.15) is 0 Å². The average Bonchev–Trinajstić information content (AvgIpc) is 2.02. The molecular weight excluding hydrogens is 158 g/mol. The van der Waals surface area contributed by atoms with Gasteiger partial charge in [-0.15, -0.1) is 0 Å². The monoisotopic (exact) mass is 171 g/mol. The third kappa shape index (κ3) is 1.39. The first kappa shape index (κ1) is 9.32. The third-order valence-electron chi connectivity index (χ3n) is 2.58. The molecule has 0 heterocycles. The molecule has 1 N–H and O–H groups in total. The van der Waals surface area contributed by atoms with Gasteiger partial charge in [0, 0.05) is 12.0 Å². The van der Waals surface area contributed by atoms with Crippen LogP contribution in [0.5, 0.6) is 0 Å². The van der Waals surface area contributed by atoms with E-state index in [-0.39, 0.29) is 12.2 Å². The van der Waals surface area contributed by atoms with Gasteiger partial charge in [0.2, 0.25) is 0 Å². The van der Waals surface area contributed by atoms with E-state index in [1.165, 1.54) is 0 Å². The van der Waals surface area contributed by atoms with Crippen molar-refractivity contribution in [2.75, 3.05) is 13.7 Å². The molecule has 12 heavy (non-hydrogen) atoms. The lowest BCUT2D eigenvalue weighted by atomic mass is 9.75. The molecule has 0 amide bonds. The molecule has 1 saturated carbocycles. The molecule has 5 nitrogen and oxygen atoms in total. The van der Waals surface area contributed by atoms with Gasteiger partial charge in [-0.2, -0.15) is 0 Å². The molecule has 0 saturated heterocycles. The van der Waals surface area contributed by atoms with Crippen LogP contribution in [0.4, 0.5) is 0 Å². The van der Waals surface area contributed by atoms with Crippen LogP contribution in [0, 0.1) is 0 Å². The van der Waals surface area contributed by atoms with Crippen molar-refractivity contribution < 1.29 is 9.84 Å². The highest BCUT2D eigenvalue weighted by Crippen LogP contribution is 2.39. The van der Waals surface area contributed by atoms with Gasteiger partial charge in [-0.3, -0.25) is 0 Å². The van der Waals surface area contributed by atoms with E-state index in [1.54, 1.807) is 7.11 Å². The molecule has 1 rings (SSSR count). The van der Waals surface area contributed by atoms with Gasteiger partial charge in [0.15, 0.2) is 0 Å². The predicted molar refractivity (Wildman–Crippen MR) is 43.6 cm³/mol. The SMILES string of the molecule is COC1([C@H](CO)N=[N+]=[N-])CCC1. The maximum Gasteiger partial charge on any atom is 0.0894 e. The van der Waals surface area contributed by atoms with Crippen LogP contribution in [0.1, 0.15) is 19.3 Å². The Morgan fingerprint density at radius 1 is 1.75 bits per heavy atom. The lowest BCUT2D eigenvalue weighted by molar-refractivity contribution is -0.0985. The molecule has 1 aliphatic rings. The Kier molecular flexibility index (Phi) is 2.92. The van der Waals surface area contributed by atoms with Crippen molar-refractivity contribution >= 4 is 0 Å². The average molecular weight is 171 g/mol. The highest BCUT2D eigenvalue weighted by molar-refractivity contribution is 4.99. The summed E-state index contributed by atoms with van der Waals surface area (Å²) in [4.78, 5) is 2.69. The lowest BCUT2D eigenvalue weighted by Gasteiger charge is -2.44. The summed E-state index contributed by atoms with van der Waals surface area (Å²) in [6.45, 7) is -0.141. The fraction of sp³-hybridized carbons (Fsp3) is 1.00. The summed E-state index contributed by atoms with van der Waals surface area (Å²) < 4.78 is 5.25. The summed E-state index contributed by atoms with van der Waals surface area (Å²) in [5.41, 5.74) is 7.85. The van der Waals surface area contributed by atoms with Crippen molar-refractivity contribution in [3.05, 3.63) is 10.4 Å². The lowest BCUT2D eigenvalue weighted by Crippen LogP contribution is -2.50. The zero-order chi connectivity index (χ0) is 9.03. The van der Waals surface area contributed by atoms with Crippen LogP contribution in [0.3, 0.4) is 0 Å². The van der Waals surface area contributed by atoms with E-state index >= 15 is 0 Å². The van der Waals surface area contributed by atoms with Crippen molar-refractivity contribution in [1.82, 2.24) is 0 Å². The molecular formula is C7H13N3O2. The Bertz CT molecular complexity index is 191. The first-order valence-electron chi connectivity index (χ1n) is 3.99. The Hall–Kier alpha value is -0.770. The molecule has 0 bridgehead atoms. The molecule has 1 atom stereocenters. The normalized spacial score (nSPS) is 22.2. The third-order valence-corrected chi connectivity index (χ3v) is 2.58. The van der Waals surface area contributed by atoms with Gasteiger partial charge in [-0.05, 0) is 24.8 Å². The zero-order valence-electron chi connectivity index (χ0n) is 7.10. The van der Waals surface area contributed by atoms with Crippen LogP contribution in [0.25, 0.3) is 10.4 Å². The van der Waals surface area contributed by atoms with E-state index in [4.69, 9.17) is 15.4 Å². The van der Waals surface area contributed by atoms with E-state index in [1.807, 2.05) is 0 Å². The number of methoxy groups -OCH3 is 1. The Morgan fingerprint density at radius 2 is 2.42 bits per heavy atom. The minimum Gasteiger partial charge on any atom is -0.396 e. The van der Waals surface area contributed by atoms with E-state index < -0.39 is 6.04 Å². The molecule has 0 aliphatic heterocycles. The Balaban J connectivity index is 2.67. The van der Waals surface area contributed by atoms with E-state index in [9.17, 15) is 0 Å². The smallest absolute Gasteiger partial charge is 0.0894 e. The number of aliphatic hydroxyl groups excluding tert-OH is 1. The summed E-state index contributed by atoms with van der Waals surface area (Å²) in [5.74, 6) is 0. The quantitative estimate of drug-likeness (QED) is 0.392. The number of nitrogens with zero attached hydrogens (tertiary/aromatic N) is 3. The molecule has 1 fully saturated rings. The maximum absolute atomic E-state index is 8.94. The molecule has 0 aromatic rings. The van der Waals surface area contributed by atoms with Crippen molar-refractivity contribution in [2.24, 2.45) is 5.11 Å². The standard InChI is InChI=1S/C7H13N3O2/c1-12-7(3-2-4-7)6(5-11)9-10-8/h6,11H,2-5H2,1H3/t6-/m0/s1. The van der Waals surface area contributed by atoms with Crippen molar-refractivity contribution in [1.29, 1.82) is 0 Å². The van der Waals surface area contributed by atoms with Crippen molar-refractivity contribution in [3.8, 4) is 0 Å². The number of ether oxygens (including phenoxy) is 1. The van der Waals surface area contributed by atoms with Crippen LogP contribution in [-0.2, 0) is 4.74 Å².